The van der Waals surface area contributed by atoms with Crippen molar-refractivity contribution < 1.29 is 4.39 Å². The van der Waals surface area contributed by atoms with Crippen LogP contribution < -0.4 is 5.32 Å². The summed E-state index contributed by atoms with van der Waals surface area (Å²) in [7, 11) is 0. The molecule has 0 bridgehead atoms. The summed E-state index contributed by atoms with van der Waals surface area (Å²) in [5, 5.41) is 3.34. The van der Waals surface area contributed by atoms with E-state index in [0.29, 0.717) is 10.9 Å². The van der Waals surface area contributed by atoms with Gasteiger partial charge in [-0.2, -0.15) is 0 Å². The topological polar surface area (TPSA) is 12.0 Å². The van der Waals surface area contributed by atoms with Crippen LogP contribution >= 0.6 is 15.9 Å². The molecular weight excluding hydrogens is 269 g/mol. The van der Waals surface area contributed by atoms with Gasteiger partial charge in [0.2, 0.25) is 0 Å². The fraction of sp³-hybridized carbons (Fsp3) is 0.385. The molecule has 1 N–H and O–H groups in total. The minimum atomic E-state index is -0.240. The van der Waals surface area contributed by atoms with Gasteiger partial charge in [-0.1, -0.05) is 13.0 Å². The molecule has 86 valence electrons. The maximum Gasteiger partial charge on any atom is 0.137 e. The first-order valence-corrected chi connectivity index (χ1v) is 6.10. The maximum atomic E-state index is 13.1. The van der Waals surface area contributed by atoms with E-state index in [1.165, 1.54) is 6.07 Å². The van der Waals surface area contributed by atoms with E-state index < -0.39 is 0 Å². The van der Waals surface area contributed by atoms with Gasteiger partial charge in [0.25, 0.3) is 0 Å². The van der Waals surface area contributed by atoms with Crippen LogP contribution in [0.5, 0.6) is 0 Å². The monoisotopic (exact) mass is 283 g/mol. The Morgan fingerprint density at radius 3 is 2.88 bits per heavy atom. The Morgan fingerprint density at radius 2 is 2.31 bits per heavy atom. The third kappa shape index (κ3) is 3.62. The number of halogens is 2. The van der Waals surface area contributed by atoms with Gasteiger partial charge in [-0.25, -0.2) is 4.39 Å². The molecule has 0 spiro atoms. The third-order valence-corrected chi connectivity index (χ3v) is 2.98. The van der Waals surface area contributed by atoms with Crippen molar-refractivity contribution in [3.05, 3.63) is 34.1 Å². The lowest BCUT2D eigenvalue weighted by atomic mass is 10.0. The number of hydrogen-bond donors (Lipinski definition) is 1. The first-order chi connectivity index (χ1) is 7.69. The second kappa shape index (κ2) is 6.67. The summed E-state index contributed by atoms with van der Waals surface area (Å²) in [4.78, 5) is 0. The molecule has 0 fully saturated rings. The SMILES string of the molecule is C#CCCC(NCC)c1ccc(F)c(Br)c1. The van der Waals surface area contributed by atoms with Crippen LogP contribution in [0.3, 0.4) is 0 Å². The molecule has 0 saturated carbocycles. The van der Waals surface area contributed by atoms with Crippen LogP contribution in [0.2, 0.25) is 0 Å². The quantitative estimate of drug-likeness (QED) is 0.814. The van der Waals surface area contributed by atoms with E-state index >= 15 is 0 Å². The minimum absolute atomic E-state index is 0.193. The van der Waals surface area contributed by atoms with E-state index in [1.54, 1.807) is 12.1 Å². The average Bonchev–Trinajstić information content (AvgIpc) is 2.28. The highest BCUT2D eigenvalue weighted by molar-refractivity contribution is 9.10. The Labute approximate surface area is 105 Å². The van der Waals surface area contributed by atoms with Gasteiger partial charge in [-0.05, 0) is 46.6 Å². The smallest absolute Gasteiger partial charge is 0.137 e. The van der Waals surface area contributed by atoms with Crippen molar-refractivity contribution in [2.24, 2.45) is 0 Å². The van der Waals surface area contributed by atoms with Gasteiger partial charge in [0.05, 0.1) is 4.47 Å². The summed E-state index contributed by atoms with van der Waals surface area (Å²) in [6.07, 6.45) is 6.84. The van der Waals surface area contributed by atoms with Crippen LogP contribution in [0.1, 0.15) is 31.4 Å². The molecule has 16 heavy (non-hydrogen) atoms. The van der Waals surface area contributed by atoms with E-state index in [1.807, 2.05) is 6.92 Å². The molecule has 3 heteroatoms. The predicted molar refractivity (Wildman–Crippen MR) is 68.6 cm³/mol. The summed E-state index contributed by atoms with van der Waals surface area (Å²) in [6.45, 7) is 2.91. The van der Waals surface area contributed by atoms with Gasteiger partial charge in [0.1, 0.15) is 5.82 Å². The maximum absolute atomic E-state index is 13.1. The van der Waals surface area contributed by atoms with Gasteiger partial charge >= 0.3 is 0 Å². The van der Waals surface area contributed by atoms with Crippen molar-refractivity contribution in [2.45, 2.75) is 25.8 Å². The van der Waals surface area contributed by atoms with Gasteiger partial charge < -0.3 is 5.32 Å². The Balaban J connectivity index is 2.83. The third-order valence-electron chi connectivity index (χ3n) is 2.37. The van der Waals surface area contributed by atoms with Crippen LogP contribution in [-0.2, 0) is 0 Å². The van der Waals surface area contributed by atoms with Crippen molar-refractivity contribution >= 4 is 15.9 Å². The highest BCUT2D eigenvalue weighted by Gasteiger charge is 2.11. The lowest BCUT2D eigenvalue weighted by Crippen LogP contribution is -2.20. The van der Waals surface area contributed by atoms with Crippen molar-refractivity contribution in [1.82, 2.24) is 5.32 Å². The van der Waals surface area contributed by atoms with Crippen LogP contribution in [0.15, 0.2) is 22.7 Å². The second-order valence-corrected chi connectivity index (χ2v) is 4.38. The zero-order valence-electron chi connectivity index (χ0n) is 9.26. The molecule has 0 amide bonds. The zero-order valence-corrected chi connectivity index (χ0v) is 10.8. The number of benzene rings is 1. The van der Waals surface area contributed by atoms with Crippen molar-refractivity contribution in [3.8, 4) is 12.3 Å². The van der Waals surface area contributed by atoms with Crippen LogP contribution in [0.4, 0.5) is 4.39 Å². The highest BCUT2D eigenvalue weighted by atomic mass is 79.9. The first-order valence-electron chi connectivity index (χ1n) is 5.30. The molecule has 0 radical (unpaired) electrons. The van der Waals surface area contributed by atoms with E-state index in [9.17, 15) is 4.39 Å². The molecule has 0 aliphatic carbocycles. The Hall–Kier alpha value is -0.850. The van der Waals surface area contributed by atoms with Crippen LogP contribution in [0.25, 0.3) is 0 Å². The lowest BCUT2D eigenvalue weighted by Gasteiger charge is -2.17. The predicted octanol–water partition coefficient (Wildman–Crippen LogP) is 3.65. The molecule has 1 rings (SSSR count). The molecule has 1 unspecified atom stereocenters. The first kappa shape index (κ1) is 13.2. The second-order valence-electron chi connectivity index (χ2n) is 3.53. The molecule has 1 aromatic rings. The standard InChI is InChI=1S/C13H15BrFN/c1-3-5-6-13(16-4-2)10-7-8-12(15)11(14)9-10/h1,7-9,13,16H,4-6H2,2H3. The molecule has 0 saturated heterocycles. The molecule has 0 heterocycles. The zero-order chi connectivity index (χ0) is 12.0. The van der Waals surface area contributed by atoms with Crippen molar-refractivity contribution in [3.63, 3.8) is 0 Å². The summed E-state index contributed by atoms with van der Waals surface area (Å²) < 4.78 is 13.6. The number of hydrogen-bond acceptors (Lipinski definition) is 1. The fourth-order valence-corrected chi connectivity index (χ4v) is 1.99. The van der Waals surface area contributed by atoms with E-state index in [2.05, 4.69) is 27.2 Å². The molecule has 1 aromatic carbocycles. The van der Waals surface area contributed by atoms with Gasteiger partial charge in [0, 0.05) is 12.5 Å². The Bertz CT molecular complexity index is 384. The summed E-state index contributed by atoms with van der Waals surface area (Å²) in [5.74, 6) is 2.39. The van der Waals surface area contributed by atoms with E-state index in [0.717, 1.165) is 18.5 Å². The van der Waals surface area contributed by atoms with Gasteiger partial charge in [-0.3, -0.25) is 0 Å². The molecule has 0 aliphatic heterocycles. The number of rotatable bonds is 5. The van der Waals surface area contributed by atoms with Gasteiger partial charge in [-0.15, -0.1) is 12.3 Å². The number of nitrogens with one attached hydrogen (secondary N) is 1. The Kier molecular flexibility index (Phi) is 5.51. The molecular formula is C13H15BrFN. The lowest BCUT2D eigenvalue weighted by molar-refractivity contribution is 0.520. The van der Waals surface area contributed by atoms with E-state index in [4.69, 9.17) is 6.42 Å². The van der Waals surface area contributed by atoms with Crippen molar-refractivity contribution in [2.75, 3.05) is 6.54 Å². The highest BCUT2D eigenvalue weighted by Crippen LogP contribution is 2.24. The summed E-state index contributed by atoms with van der Waals surface area (Å²) in [6, 6.07) is 5.26. The fourth-order valence-electron chi connectivity index (χ4n) is 1.59. The molecule has 1 atom stereocenters. The Morgan fingerprint density at radius 1 is 1.56 bits per heavy atom. The normalized spacial score (nSPS) is 12.1. The molecule has 0 aliphatic rings. The van der Waals surface area contributed by atoms with Crippen LogP contribution in [0, 0.1) is 18.2 Å². The average molecular weight is 284 g/mol. The van der Waals surface area contributed by atoms with Crippen LogP contribution in [-0.4, -0.2) is 6.54 Å². The van der Waals surface area contributed by atoms with E-state index in [-0.39, 0.29) is 11.9 Å². The molecule has 1 nitrogen and oxygen atoms in total. The summed E-state index contributed by atoms with van der Waals surface area (Å²) >= 11 is 3.19. The minimum Gasteiger partial charge on any atom is -0.310 e. The summed E-state index contributed by atoms with van der Waals surface area (Å²) in [5.41, 5.74) is 1.06. The molecule has 0 aromatic heterocycles. The number of terminal acetylenes is 1. The largest absolute Gasteiger partial charge is 0.310 e. The van der Waals surface area contributed by atoms with Gasteiger partial charge in [0.15, 0.2) is 0 Å². The van der Waals surface area contributed by atoms with Crippen molar-refractivity contribution in [1.29, 1.82) is 0 Å².